The molecule has 0 spiro atoms. The molecule has 3 nitrogen and oxygen atoms in total. The van der Waals surface area contributed by atoms with Crippen molar-refractivity contribution in [2.24, 2.45) is 5.92 Å². The summed E-state index contributed by atoms with van der Waals surface area (Å²) in [5.74, 6) is 2.08. The van der Waals surface area contributed by atoms with Gasteiger partial charge in [-0.3, -0.25) is 0 Å². The first-order valence-electron chi connectivity index (χ1n) is 6.95. The summed E-state index contributed by atoms with van der Waals surface area (Å²) in [5, 5.41) is 3.88. The first kappa shape index (κ1) is 16.9. The number of benzene rings is 1. The molecule has 0 aliphatic carbocycles. The lowest BCUT2D eigenvalue weighted by Crippen LogP contribution is -2.19. The monoisotopic (exact) mass is 297 g/mol. The predicted molar refractivity (Wildman–Crippen MR) is 84.6 cm³/mol. The van der Waals surface area contributed by atoms with Gasteiger partial charge in [0.05, 0.1) is 6.61 Å². The van der Waals surface area contributed by atoms with Gasteiger partial charge in [0.15, 0.2) is 11.5 Å². The molecule has 0 aromatic heterocycles. The third-order valence-corrected chi connectivity index (χ3v) is 2.68. The summed E-state index contributed by atoms with van der Waals surface area (Å²) >= 11 is 5.72. The van der Waals surface area contributed by atoms with Gasteiger partial charge >= 0.3 is 0 Å². The van der Waals surface area contributed by atoms with E-state index in [1.807, 2.05) is 25.1 Å². The molecule has 1 aromatic carbocycles. The minimum Gasteiger partial charge on any atom is -0.490 e. The number of hydrogen-bond acceptors (Lipinski definition) is 3. The number of halogens is 1. The molecule has 0 atom stereocenters. The van der Waals surface area contributed by atoms with Gasteiger partial charge in [0.2, 0.25) is 0 Å². The van der Waals surface area contributed by atoms with Crippen molar-refractivity contribution < 1.29 is 9.47 Å². The molecule has 0 unspecified atom stereocenters. The predicted octanol–water partition coefficient (Wildman–Crippen LogP) is 3.96. The van der Waals surface area contributed by atoms with E-state index >= 15 is 0 Å². The average Bonchev–Trinajstić information content (AvgIpc) is 2.37. The standard InChI is InChI=1S/C16H24ClNO2/c1-5-19-16-8-14(10-18-9-12(2)3)6-7-15(16)20-11-13(4)17/h6-8,12,18H,4-5,9-11H2,1-3H3. The quantitative estimate of drug-likeness (QED) is 0.748. The van der Waals surface area contributed by atoms with Gasteiger partial charge in [-0.25, -0.2) is 0 Å². The van der Waals surface area contributed by atoms with E-state index in [1.54, 1.807) is 0 Å². The lowest BCUT2D eigenvalue weighted by atomic mass is 10.2. The topological polar surface area (TPSA) is 30.5 Å². The Morgan fingerprint density at radius 3 is 2.65 bits per heavy atom. The van der Waals surface area contributed by atoms with Crippen molar-refractivity contribution in [2.75, 3.05) is 19.8 Å². The van der Waals surface area contributed by atoms with Crippen LogP contribution >= 0.6 is 11.6 Å². The molecular formula is C16H24ClNO2. The third kappa shape index (κ3) is 6.31. The Bertz CT molecular complexity index is 432. The van der Waals surface area contributed by atoms with Crippen LogP contribution in [0.2, 0.25) is 0 Å². The molecule has 0 aliphatic rings. The molecule has 0 amide bonds. The maximum atomic E-state index is 5.72. The van der Waals surface area contributed by atoms with Crippen molar-refractivity contribution >= 4 is 11.6 Å². The SMILES string of the molecule is C=C(Cl)COc1ccc(CNCC(C)C)cc1OCC. The van der Waals surface area contributed by atoms with Crippen molar-refractivity contribution in [3.05, 3.63) is 35.4 Å². The van der Waals surface area contributed by atoms with Gasteiger partial charge in [-0.05, 0) is 37.1 Å². The average molecular weight is 298 g/mol. The van der Waals surface area contributed by atoms with Crippen LogP contribution in [0.25, 0.3) is 0 Å². The van der Waals surface area contributed by atoms with Crippen molar-refractivity contribution in [1.29, 1.82) is 0 Å². The van der Waals surface area contributed by atoms with Crippen LogP contribution in [0, 0.1) is 5.92 Å². The number of hydrogen-bond donors (Lipinski definition) is 1. The molecule has 0 fully saturated rings. The van der Waals surface area contributed by atoms with Crippen LogP contribution in [0.4, 0.5) is 0 Å². The van der Waals surface area contributed by atoms with Gasteiger partial charge in [0.25, 0.3) is 0 Å². The Balaban J connectivity index is 2.70. The maximum Gasteiger partial charge on any atom is 0.161 e. The van der Waals surface area contributed by atoms with Crippen LogP contribution in [-0.4, -0.2) is 19.8 Å². The number of nitrogens with one attached hydrogen (secondary N) is 1. The van der Waals surface area contributed by atoms with Gasteiger partial charge in [0, 0.05) is 11.6 Å². The van der Waals surface area contributed by atoms with E-state index < -0.39 is 0 Å². The van der Waals surface area contributed by atoms with Crippen LogP contribution < -0.4 is 14.8 Å². The summed E-state index contributed by atoms with van der Waals surface area (Å²) < 4.78 is 11.2. The third-order valence-electron chi connectivity index (χ3n) is 2.57. The Morgan fingerprint density at radius 1 is 1.30 bits per heavy atom. The summed E-state index contributed by atoms with van der Waals surface area (Å²) in [7, 11) is 0. The first-order valence-corrected chi connectivity index (χ1v) is 7.33. The van der Waals surface area contributed by atoms with E-state index in [0.29, 0.717) is 23.3 Å². The second-order valence-corrected chi connectivity index (χ2v) is 5.58. The van der Waals surface area contributed by atoms with Crippen LogP contribution in [0.15, 0.2) is 29.8 Å². The Morgan fingerprint density at radius 2 is 2.05 bits per heavy atom. The second kappa shape index (κ2) is 8.88. The largest absolute Gasteiger partial charge is 0.490 e. The maximum absolute atomic E-state index is 5.72. The summed E-state index contributed by atoms with van der Waals surface area (Å²) in [4.78, 5) is 0. The molecule has 112 valence electrons. The molecular weight excluding hydrogens is 274 g/mol. The number of ether oxygens (including phenoxy) is 2. The van der Waals surface area contributed by atoms with Crippen molar-refractivity contribution in [3.8, 4) is 11.5 Å². The number of rotatable bonds is 9. The van der Waals surface area contributed by atoms with Gasteiger partial charge < -0.3 is 14.8 Å². The second-order valence-electron chi connectivity index (χ2n) is 5.04. The highest BCUT2D eigenvalue weighted by molar-refractivity contribution is 6.29. The summed E-state index contributed by atoms with van der Waals surface area (Å²) in [6, 6.07) is 5.95. The zero-order chi connectivity index (χ0) is 15.0. The van der Waals surface area contributed by atoms with Gasteiger partial charge in [0.1, 0.15) is 6.61 Å². The Hall–Kier alpha value is -1.19. The van der Waals surface area contributed by atoms with E-state index in [-0.39, 0.29) is 6.61 Å². The van der Waals surface area contributed by atoms with Crippen molar-refractivity contribution in [2.45, 2.75) is 27.3 Å². The molecule has 1 aromatic rings. The fraction of sp³-hybridized carbons (Fsp3) is 0.500. The van der Waals surface area contributed by atoms with E-state index in [4.69, 9.17) is 21.1 Å². The molecule has 0 aliphatic heterocycles. The van der Waals surface area contributed by atoms with Crippen LogP contribution in [0.1, 0.15) is 26.3 Å². The van der Waals surface area contributed by atoms with Crippen LogP contribution in [0.5, 0.6) is 11.5 Å². The molecule has 1 N–H and O–H groups in total. The molecule has 0 saturated heterocycles. The Kier molecular flexibility index (Phi) is 7.48. The van der Waals surface area contributed by atoms with Crippen LogP contribution in [0.3, 0.4) is 0 Å². The Labute approximate surface area is 126 Å². The van der Waals surface area contributed by atoms with E-state index in [0.717, 1.165) is 18.8 Å². The molecule has 0 radical (unpaired) electrons. The fourth-order valence-electron chi connectivity index (χ4n) is 1.71. The van der Waals surface area contributed by atoms with Crippen molar-refractivity contribution in [3.63, 3.8) is 0 Å². The van der Waals surface area contributed by atoms with E-state index in [2.05, 4.69) is 25.7 Å². The molecule has 0 heterocycles. The highest BCUT2D eigenvalue weighted by atomic mass is 35.5. The molecule has 20 heavy (non-hydrogen) atoms. The summed E-state index contributed by atoms with van der Waals surface area (Å²) in [5.41, 5.74) is 1.17. The van der Waals surface area contributed by atoms with E-state index in [9.17, 15) is 0 Å². The van der Waals surface area contributed by atoms with Gasteiger partial charge in [-0.2, -0.15) is 0 Å². The highest BCUT2D eigenvalue weighted by Crippen LogP contribution is 2.29. The normalized spacial score (nSPS) is 10.7. The molecule has 0 saturated carbocycles. The zero-order valence-electron chi connectivity index (χ0n) is 12.5. The first-order chi connectivity index (χ1) is 9.52. The fourth-order valence-corrected chi connectivity index (χ4v) is 1.77. The smallest absolute Gasteiger partial charge is 0.161 e. The summed E-state index contributed by atoms with van der Waals surface area (Å²) in [6.45, 7) is 12.6. The van der Waals surface area contributed by atoms with Gasteiger partial charge in [-0.1, -0.05) is 38.1 Å². The summed E-state index contributed by atoms with van der Waals surface area (Å²) in [6.07, 6.45) is 0. The van der Waals surface area contributed by atoms with Crippen LogP contribution in [-0.2, 0) is 6.54 Å². The molecule has 4 heteroatoms. The van der Waals surface area contributed by atoms with Gasteiger partial charge in [-0.15, -0.1) is 0 Å². The molecule has 0 bridgehead atoms. The molecule has 1 rings (SSSR count). The zero-order valence-corrected chi connectivity index (χ0v) is 13.3. The minimum atomic E-state index is 0.284. The van der Waals surface area contributed by atoms with E-state index in [1.165, 1.54) is 5.56 Å². The van der Waals surface area contributed by atoms with Crippen molar-refractivity contribution in [1.82, 2.24) is 5.32 Å². The minimum absolute atomic E-state index is 0.284. The lowest BCUT2D eigenvalue weighted by Gasteiger charge is -2.14. The lowest BCUT2D eigenvalue weighted by molar-refractivity contribution is 0.295. The highest BCUT2D eigenvalue weighted by Gasteiger charge is 2.07.